The van der Waals surface area contributed by atoms with Crippen molar-refractivity contribution >= 4 is 48.7 Å². The molecule has 0 aliphatic rings. The average molecular weight is 2200 g/mol. The van der Waals surface area contributed by atoms with E-state index in [9.17, 15) is 90.7 Å². The number of hydrogen-bond acceptors (Lipinski definition) is 36. The number of carboxylic acids is 4. The molecule has 0 fully saturated rings. The van der Waals surface area contributed by atoms with Gasteiger partial charge in [0.25, 0.3) is 0 Å². The molecule has 38 nitrogen and oxygen atoms in total. The SMILES string of the molecule is CC(C)(C)C(=O)[O-].CC(C)(C)C(=O)[O-].CC(C)(C)C(=O)[O-].CC(C)(C)C(=O)[O-].COc1cccc(C=NCC[O-])c1[O-].COc1cccc(C=NCC[O-])c1[O-].COc1cccc(C=NCC[O-])c1[O-].COc1cccc(C=NCC[O-])c1[O-].NCC[O-].NCC[O-].O=[N+]([O-])[O-].O=[N+]([O-])[O-].[Co+3].[Co+3].[Gd+3].[Gd+3].[Gd+3].[Gd+3].[OH-].[OH-]. The van der Waals surface area contributed by atoms with Crippen molar-refractivity contribution in [1.82, 2.24) is 0 Å². The van der Waals surface area contributed by atoms with Crippen molar-refractivity contribution in [1.29, 1.82) is 0 Å². The third-order valence-corrected chi connectivity index (χ3v) is 9.41. The maximum Gasteiger partial charge on any atom is 3.00 e. The van der Waals surface area contributed by atoms with Gasteiger partial charge in [0, 0.05) is 96.6 Å². The maximum absolute atomic E-state index is 11.5. The smallest absolute Gasteiger partial charge is 0.870 e. The maximum atomic E-state index is 11.5. The van der Waals surface area contributed by atoms with Gasteiger partial charge >= 0.3 is 193 Å². The largest absolute Gasteiger partial charge is 3.00 e. The zero-order valence-electron chi connectivity index (χ0n) is 62.0. The molecule has 0 spiro atoms. The molecular formula is C64H94Co2Gd4N8O30. The number of rotatable bonds is 18. The summed E-state index contributed by atoms with van der Waals surface area (Å²) in [6.45, 7) is 19.1. The normalized spacial score (nSPS) is 9.48. The van der Waals surface area contributed by atoms with E-state index >= 15 is 0 Å². The Morgan fingerprint density at radius 2 is 0.481 bits per heavy atom. The molecule has 0 unspecified atom stereocenters. The summed E-state index contributed by atoms with van der Waals surface area (Å²) in [4.78, 5) is 71.4. The van der Waals surface area contributed by atoms with Gasteiger partial charge < -0.3 is 163 Å². The molecule has 4 aromatic rings. The van der Waals surface area contributed by atoms with Crippen molar-refractivity contribution in [3.05, 3.63) is 126 Å². The zero-order chi connectivity index (χ0) is 79.8. The minimum atomic E-state index is -1.75. The van der Waals surface area contributed by atoms with Gasteiger partial charge in [-0.2, -0.15) is 0 Å². The van der Waals surface area contributed by atoms with Crippen LogP contribution in [0.5, 0.6) is 46.0 Å². The first-order valence-electron chi connectivity index (χ1n) is 29.0. The van der Waals surface area contributed by atoms with Crippen LogP contribution >= 0.6 is 0 Å². The van der Waals surface area contributed by atoms with E-state index in [1.54, 1.807) is 156 Å². The fraction of sp³-hybridized carbons (Fsp3) is 0.500. The Kier molecular flexibility index (Phi) is 117. The number of methoxy groups -OCH3 is 4. The summed E-state index contributed by atoms with van der Waals surface area (Å²) in [6.07, 6.45) is 5.62. The minimum absolute atomic E-state index is 0. The van der Waals surface area contributed by atoms with Crippen molar-refractivity contribution in [3.8, 4) is 46.0 Å². The van der Waals surface area contributed by atoms with Crippen LogP contribution in [0.2, 0.25) is 0 Å². The summed E-state index contributed by atoms with van der Waals surface area (Å²) in [7, 11) is 5.76. The number of hydrogen-bond donors (Lipinski definition) is 2. The van der Waals surface area contributed by atoms with Gasteiger partial charge in [0.1, 0.15) is 23.0 Å². The second kappa shape index (κ2) is 88.7. The predicted molar refractivity (Wildman–Crippen MR) is 349 cm³/mol. The number of nitrogens with two attached hydrogens (primary N) is 2. The van der Waals surface area contributed by atoms with Crippen molar-refractivity contribution in [2.45, 2.75) is 83.1 Å². The first-order chi connectivity index (χ1) is 46.2. The minimum Gasteiger partial charge on any atom is -0.870 e. The zero-order valence-corrected chi connectivity index (χ0v) is 73.1. The second-order valence-corrected chi connectivity index (χ2v) is 22.1. The first-order valence-corrected chi connectivity index (χ1v) is 29.0. The third-order valence-electron chi connectivity index (χ3n) is 9.41. The summed E-state index contributed by atoms with van der Waals surface area (Å²) in [5.74, 6) is -3.69. The second-order valence-electron chi connectivity index (χ2n) is 22.1. The van der Waals surface area contributed by atoms with E-state index in [2.05, 4.69) is 20.0 Å². The molecule has 0 aliphatic carbocycles. The summed E-state index contributed by atoms with van der Waals surface area (Å²) < 4.78 is 19.4. The fourth-order valence-corrected chi connectivity index (χ4v) is 4.04. The molecule has 0 aromatic heterocycles. The molecule has 108 heavy (non-hydrogen) atoms. The van der Waals surface area contributed by atoms with Crippen LogP contribution in [0.25, 0.3) is 0 Å². The Labute approximate surface area is 778 Å². The quantitative estimate of drug-likeness (QED) is 0.0531. The molecule has 4 rings (SSSR count). The summed E-state index contributed by atoms with van der Waals surface area (Å²) in [6, 6.07) is 19.7. The Balaban J connectivity index is -0.0000000623. The number of nitrogens with zero attached hydrogens (tertiary/aromatic N) is 6. The topological polar surface area (TPSA) is 722 Å². The number of aliphatic carboxylic acids is 4. The number of aliphatic imine (C=N–C) groups is 4. The van der Waals surface area contributed by atoms with Gasteiger partial charge in [-0.25, -0.2) is 0 Å². The van der Waals surface area contributed by atoms with Crippen LogP contribution < -0.4 is 102 Å². The fourth-order valence-electron chi connectivity index (χ4n) is 4.04. The molecule has 44 heteroatoms. The van der Waals surface area contributed by atoms with Crippen LogP contribution in [-0.4, -0.2) is 177 Å². The number of benzene rings is 4. The molecule has 0 atom stereocenters. The molecule has 0 bridgehead atoms. The Bertz CT molecular complexity index is 2600. The van der Waals surface area contributed by atoms with Crippen LogP contribution in [0.4, 0.5) is 0 Å². The van der Waals surface area contributed by atoms with Crippen molar-refractivity contribution in [3.63, 3.8) is 0 Å². The van der Waals surface area contributed by atoms with E-state index in [0.29, 0.717) is 22.3 Å². The van der Waals surface area contributed by atoms with Gasteiger partial charge in [-0.05, 0) is 59.6 Å². The van der Waals surface area contributed by atoms with Crippen LogP contribution in [0, 0.1) is 212 Å². The molecule has 4 aromatic carbocycles. The Morgan fingerprint density at radius 1 is 0.361 bits per heavy atom. The van der Waals surface area contributed by atoms with Crippen molar-refractivity contribution < 1.29 is 324 Å². The van der Waals surface area contributed by atoms with E-state index in [1.165, 1.54) is 53.3 Å². The van der Waals surface area contributed by atoms with Gasteiger partial charge in [0.2, 0.25) is 0 Å². The first kappa shape index (κ1) is 143. The van der Waals surface area contributed by atoms with Crippen LogP contribution in [-0.2, 0) is 52.7 Å². The molecule has 4 radical (unpaired) electrons. The van der Waals surface area contributed by atoms with E-state index in [4.69, 9.17) is 61.1 Å². The van der Waals surface area contributed by atoms with Gasteiger partial charge in [-0.1, -0.05) is 155 Å². The van der Waals surface area contributed by atoms with Gasteiger partial charge in [0.05, 0.1) is 38.6 Å². The van der Waals surface area contributed by atoms with Crippen LogP contribution in [0.3, 0.4) is 0 Å². The monoisotopic (exact) mass is 2200 g/mol. The van der Waals surface area contributed by atoms with E-state index < -0.39 is 55.7 Å². The third kappa shape index (κ3) is 92.8. The van der Waals surface area contributed by atoms with E-state index in [1.807, 2.05) is 0 Å². The molecule has 0 saturated carbocycles. The molecule has 0 saturated heterocycles. The van der Waals surface area contributed by atoms with Gasteiger partial charge in [-0.15, -0.1) is 39.6 Å². The number of carboxylic acid groups (broad SMARTS) is 4. The van der Waals surface area contributed by atoms with Crippen molar-refractivity contribution in [2.75, 3.05) is 107 Å². The molecule has 0 heterocycles. The van der Waals surface area contributed by atoms with Crippen molar-refractivity contribution in [2.24, 2.45) is 53.1 Å². The van der Waals surface area contributed by atoms with Crippen LogP contribution in [0.15, 0.2) is 92.8 Å². The molecule has 0 aliphatic heterocycles. The molecular weight excluding hydrogens is 2110 g/mol. The molecule has 620 valence electrons. The Hall–Kier alpha value is -3.85. The number of ether oxygens (including phenoxy) is 4. The Morgan fingerprint density at radius 3 is 0.565 bits per heavy atom. The van der Waals surface area contributed by atoms with Gasteiger partial charge in [-0.3, -0.25) is 20.0 Å². The number of para-hydroxylation sites is 4. The van der Waals surface area contributed by atoms with E-state index in [0.717, 1.165) is 0 Å². The van der Waals surface area contributed by atoms with E-state index in [-0.39, 0.29) is 329 Å². The summed E-state index contributed by atoms with van der Waals surface area (Å²) >= 11 is 0. The standard InChI is InChI=1S/4C10H12NO3.4C5H10O2.2C2H6NO.2Co.4Gd.2NO3.2H2O/c4*1-14-9-4-2-3-8(10(9)13)7-11-5-6-12;4*1-5(2,3)4(6)7;2*3-1-2-4;;;;;;;2*2-1(3)4;;/h4*2-4,7,13H,5-6H2,1H3;4*1-3H3,(H,6,7);2*1-3H2;;;;;;;;;2*1H2/q4*-1;;;;;2*-1;6*+3;2*-1;;/p-10. The van der Waals surface area contributed by atoms with Gasteiger partial charge in [0.15, 0.2) is 0 Å². The summed E-state index contributed by atoms with van der Waals surface area (Å²) in [5.41, 5.74) is 8.42. The number of carbonyl (C=O) groups is 4. The average Bonchev–Trinajstić information content (AvgIpc) is 0.883. The van der Waals surface area contributed by atoms with Crippen LogP contribution in [0.1, 0.15) is 105 Å². The predicted octanol–water partition coefficient (Wildman–Crippen LogP) is -6.90. The number of carbonyl (C=O) groups excluding carboxylic acids is 4. The summed E-state index contributed by atoms with van der Waals surface area (Å²) in [5, 5.41) is 174. The molecule has 0 amide bonds. The molecule has 6 N–H and O–H groups in total.